The molecule has 78 valence electrons. The lowest BCUT2D eigenvalue weighted by atomic mass is 9.81. The Morgan fingerprint density at radius 1 is 1.46 bits per heavy atom. The zero-order valence-corrected chi connectivity index (χ0v) is 9.52. The highest BCUT2D eigenvalue weighted by atomic mass is 16.5. The van der Waals surface area contributed by atoms with Crippen molar-refractivity contribution in [1.29, 1.82) is 0 Å². The largest absolute Gasteiger partial charge is 0.384 e. The highest BCUT2D eigenvalue weighted by molar-refractivity contribution is 5.82. The predicted molar refractivity (Wildman–Crippen MR) is 54.7 cm³/mol. The molecule has 0 radical (unpaired) electrons. The molecule has 1 atom stereocenters. The molecule has 0 amide bonds. The average Bonchev–Trinajstić information content (AvgIpc) is 2.01. The van der Waals surface area contributed by atoms with E-state index in [0.717, 1.165) is 12.8 Å². The van der Waals surface area contributed by atoms with Gasteiger partial charge >= 0.3 is 0 Å². The molecule has 1 unspecified atom stereocenters. The smallest absolute Gasteiger partial charge is 0.137 e. The average molecular weight is 186 g/mol. The molecule has 0 fully saturated rings. The summed E-state index contributed by atoms with van der Waals surface area (Å²) >= 11 is 0. The minimum absolute atomic E-state index is 0.231. The zero-order chi connectivity index (χ0) is 10.5. The first kappa shape index (κ1) is 12.6. The summed E-state index contributed by atoms with van der Waals surface area (Å²) < 4.78 is 5.08. The van der Waals surface area contributed by atoms with Gasteiger partial charge in [-0.1, -0.05) is 20.8 Å². The maximum Gasteiger partial charge on any atom is 0.137 e. The van der Waals surface area contributed by atoms with E-state index in [0.29, 0.717) is 12.5 Å². The molecule has 0 aliphatic carbocycles. The summed E-state index contributed by atoms with van der Waals surface area (Å²) in [5.41, 5.74) is -0.279. The zero-order valence-electron chi connectivity index (χ0n) is 9.52. The van der Waals surface area contributed by atoms with E-state index in [4.69, 9.17) is 4.74 Å². The van der Waals surface area contributed by atoms with Crippen LogP contribution in [0, 0.1) is 11.3 Å². The molecule has 0 saturated heterocycles. The molecule has 2 nitrogen and oxygen atoms in total. The topological polar surface area (TPSA) is 26.3 Å². The van der Waals surface area contributed by atoms with Gasteiger partial charge < -0.3 is 4.74 Å². The number of methoxy groups -OCH3 is 1. The summed E-state index contributed by atoms with van der Waals surface area (Å²) in [6.07, 6.45) is 2.01. The molecule has 0 aliphatic rings. The van der Waals surface area contributed by atoms with Gasteiger partial charge in [-0.3, -0.25) is 4.79 Å². The van der Waals surface area contributed by atoms with Crippen LogP contribution in [0.4, 0.5) is 0 Å². The second-order valence-electron chi connectivity index (χ2n) is 4.48. The van der Waals surface area contributed by atoms with Crippen LogP contribution in [0.3, 0.4) is 0 Å². The third-order valence-corrected chi connectivity index (χ3v) is 2.59. The number of carbonyl (C=O) groups is 1. The monoisotopic (exact) mass is 186 g/mol. The van der Waals surface area contributed by atoms with Crippen LogP contribution in [0.15, 0.2) is 0 Å². The van der Waals surface area contributed by atoms with Gasteiger partial charge in [0.1, 0.15) is 5.78 Å². The molecule has 0 spiro atoms. The van der Waals surface area contributed by atoms with Gasteiger partial charge in [-0.2, -0.15) is 0 Å². The molecule has 0 N–H and O–H groups in total. The second-order valence-corrected chi connectivity index (χ2v) is 4.48. The summed E-state index contributed by atoms with van der Waals surface area (Å²) in [6.45, 7) is 8.52. The molecule has 2 heteroatoms. The van der Waals surface area contributed by atoms with E-state index in [1.54, 1.807) is 14.0 Å². The predicted octanol–water partition coefficient (Wildman–Crippen LogP) is 2.66. The van der Waals surface area contributed by atoms with Crippen LogP contribution in [0.5, 0.6) is 0 Å². The Morgan fingerprint density at radius 3 is 2.31 bits per heavy atom. The van der Waals surface area contributed by atoms with Crippen LogP contribution >= 0.6 is 0 Å². The van der Waals surface area contributed by atoms with Crippen LogP contribution in [-0.4, -0.2) is 19.5 Å². The van der Waals surface area contributed by atoms with Crippen molar-refractivity contribution in [1.82, 2.24) is 0 Å². The van der Waals surface area contributed by atoms with Gasteiger partial charge in [0.05, 0.1) is 6.61 Å². The minimum Gasteiger partial charge on any atom is -0.384 e. The van der Waals surface area contributed by atoms with Crippen molar-refractivity contribution in [3.05, 3.63) is 0 Å². The van der Waals surface area contributed by atoms with Crippen molar-refractivity contribution in [3.8, 4) is 0 Å². The lowest BCUT2D eigenvalue weighted by Gasteiger charge is -2.26. The van der Waals surface area contributed by atoms with Crippen LogP contribution in [0.2, 0.25) is 0 Å². The molecular weight excluding hydrogens is 164 g/mol. The first-order chi connectivity index (χ1) is 5.92. The highest BCUT2D eigenvalue weighted by Crippen LogP contribution is 2.26. The Balaban J connectivity index is 4.16. The van der Waals surface area contributed by atoms with E-state index >= 15 is 0 Å². The van der Waals surface area contributed by atoms with Crippen molar-refractivity contribution in [2.75, 3.05) is 13.7 Å². The fourth-order valence-electron chi connectivity index (χ4n) is 1.28. The second kappa shape index (κ2) is 5.38. The van der Waals surface area contributed by atoms with Gasteiger partial charge in [0.25, 0.3) is 0 Å². The quantitative estimate of drug-likeness (QED) is 0.637. The Bertz CT molecular complexity index is 163. The van der Waals surface area contributed by atoms with Crippen LogP contribution in [0.25, 0.3) is 0 Å². The lowest BCUT2D eigenvalue weighted by Crippen LogP contribution is -2.31. The number of hydrogen-bond donors (Lipinski definition) is 0. The van der Waals surface area contributed by atoms with E-state index in [1.807, 2.05) is 6.92 Å². The maximum atomic E-state index is 11.4. The van der Waals surface area contributed by atoms with Gasteiger partial charge in [0.15, 0.2) is 0 Å². The third-order valence-electron chi connectivity index (χ3n) is 2.59. The van der Waals surface area contributed by atoms with Crippen molar-refractivity contribution in [3.63, 3.8) is 0 Å². The van der Waals surface area contributed by atoms with E-state index < -0.39 is 0 Å². The normalized spacial score (nSPS) is 15.8. The van der Waals surface area contributed by atoms with Gasteiger partial charge in [0.2, 0.25) is 0 Å². The van der Waals surface area contributed by atoms with Crippen LogP contribution in [-0.2, 0) is 9.53 Å². The van der Waals surface area contributed by atoms with Crippen molar-refractivity contribution < 1.29 is 9.53 Å². The summed E-state index contributed by atoms with van der Waals surface area (Å²) in [7, 11) is 1.65. The molecule has 0 rings (SSSR count). The first-order valence-electron chi connectivity index (χ1n) is 4.92. The molecule has 13 heavy (non-hydrogen) atoms. The minimum atomic E-state index is -0.279. The number of carbonyl (C=O) groups excluding carboxylic acids is 1. The number of rotatable bonds is 6. The van der Waals surface area contributed by atoms with Crippen molar-refractivity contribution in [2.24, 2.45) is 11.3 Å². The fourth-order valence-corrected chi connectivity index (χ4v) is 1.28. The van der Waals surface area contributed by atoms with Gasteiger partial charge in [-0.05, 0) is 25.7 Å². The molecule has 0 aromatic carbocycles. The third kappa shape index (κ3) is 4.41. The summed E-state index contributed by atoms with van der Waals surface area (Å²) in [5, 5.41) is 0. The first-order valence-corrected chi connectivity index (χ1v) is 4.92. The summed E-state index contributed by atoms with van der Waals surface area (Å²) in [4.78, 5) is 11.4. The molecule has 0 aliphatic heterocycles. The lowest BCUT2D eigenvalue weighted by molar-refractivity contribution is -0.129. The van der Waals surface area contributed by atoms with Gasteiger partial charge in [-0.25, -0.2) is 0 Å². The van der Waals surface area contributed by atoms with E-state index in [-0.39, 0.29) is 11.2 Å². The van der Waals surface area contributed by atoms with Gasteiger partial charge in [-0.15, -0.1) is 0 Å². The van der Waals surface area contributed by atoms with Crippen molar-refractivity contribution in [2.45, 2.75) is 40.5 Å². The summed E-state index contributed by atoms with van der Waals surface area (Å²) in [6, 6.07) is 0. The molecular formula is C11H22O2. The Hall–Kier alpha value is -0.370. The van der Waals surface area contributed by atoms with Gasteiger partial charge in [0, 0.05) is 12.5 Å². The SMILES string of the molecule is COCC(C)(CCC(C)C)C(C)=O. The molecule has 0 saturated carbocycles. The summed E-state index contributed by atoms with van der Waals surface area (Å²) in [5.74, 6) is 0.880. The fraction of sp³-hybridized carbons (Fsp3) is 0.909. The Morgan fingerprint density at radius 2 is 2.00 bits per heavy atom. The number of ether oxygens (including phenoxy) is 1. The molecule has 0 aromatic heterocycles. The number of Topliss-reactive ketones (excluding diaryl/α,β-unsaturated/α-hetero) is 1. The maximum absolute atomic E-state index is 11.4. The van der Waals surface area contributed by atoms with E-state index in [1.165, 1.54) is 0 Å². The van der Waals surface area contributed by atoms with Crippen LogP contribution in [0.1, 0.15) is 40.5 Å². The number of ketones is 1. The molecule has 0 bridgehead atoms. The standard InChI is InChI=1S/C11H22O2/c1-9(2)6-7-11(4,8-13-5)10(3)12/h9H,6-8H2,1-5H3. The van der Waals surface area contributed by atoms with Crippen molar-refractivity contribution >= 4 is 5.78 Å². The van der Waals surface area contributed by atoms with E-state index in [2.05, 4.69) is 13.8 Å². The van der Waals surface area contributed by atoms with Crippen LogP contribution < -0.4 is 0 Å². The molecule has 0 heterocycles. The molecule has 0 aromatic rings. The number of hydrogen-bond acceptors (Lipinski definition) is 2. The van der Waals surface area contributed by atoms with E-state index in [9.17, 15) is 4.79 Å². The Labute approximate surface area is 81.7 Å². The Kier molecular flexibility index (Phi) is 5.23. The highest BCUT2D eigenvalue weighted by Gasteiger charge is 2.29.